The lowest BCUT2D eigenvalue weighted by Gasteiger charge is -2.15. The molecule has 0 fully saturated rings. The Kier molecular flexibility index (Phi) is 5.35. The summed E-state index contributed by atoms with van der Waals surface area (Å²) in [5.41, 5.74) is 6.38. The number of nitrogens with zero attached hydrogens (tertiary/aromatic N) is 1. The van der Waals surface area contributed by atoms with E-state index in [1.807, 2.05) is 0 Å². The molecule has 0 saturated heterocycles. The highest BCUT2D eigenvalue weighted by Crippen LogP contribution is 2.26. The van der Waals surface area contributed by atoms with Gasteiger partial charge in [-0.05, 0) is 55.5 Å². The molecule has 0 bridgehead atoms. The van der Waals surface area contributed by atoms with Gasteiger partial charge in [-0.2, -0.15) is 0 Å². The Morgan fingerprint density at radius 1 is 1.19 bits per heavy atom. The summed E-state index contributed by atoms with van der Waals surface area (Å²) in [7, 11) is 0. The molecule has 114 valence electrons. The zero-order chi connectivity index (χ0) is 15.4. The van der Waals surface area contributed by atoms with Crippen LogP contribution in [0.3, 0.4) is 0 Å². The van der Waals surface area contributed by atoms with Gasteiger partial charge in [-0.1, -0.05) is 39.3 Å². The average Bonchev–Trinajstić information content (AvgIpc) is 2.47. The molecule has 0 aliphatic carbocycles. The molecular weight excluding hydrogens is 256 g/mol. The molecule has 0 amide bonds. The second kappa shape index (κ2) is 7.04. The number of unbranched alkanes of at least 4 members (excludes halogenated alkanes) is 1. The standard InChI is InChI=1S/C19H28N2/c1-6-7-10-20-12-16-11-18(13(2)3)21-19-15(5)14(4)8-9-17(16)19/h8-9,11,13,20H,6-7,10,12H2,1-5H3. The minimum atomic E-state index is 0.462. The van der Waals surface area contributed by atoms with E-state index in [0.29, 0.717) is 5.92 Å². The zero-order valence-corrected chi connectivity index (χ0v) is 14.1. The van der Waals surface area contributed by atoms with Crippen molar-refractivity contribution >= 4 is 10.9 Å². The van der Waals surface area contributed by atoms with Crippen LogP contribution >= 0.6 is 0 Å². The van der Waals surface area contributed by atoms with Crippen molar-refractivity contribution in [2.75, 3.05) is 6.54 Å². The lowest BCUT2D eigenvalue weighted by Crippen LogP contribution is -2.15. The average molecular weight is 284 g/mol. The molecule has 21 heavy (non-hydrogen) atoms. The van der Waals surface area contributed by atoms with Gasteiger partial charge in [0.1, 0.15) is 0 Å². The van der Waals surface area contributed by atoms with Crippen LogP contribution in [0.15, 0.2) is 18.2 Å². The third-order valence-corrected chi connectivity index (χ3v) is 4.22. The number of aryl methyl sites for hydroxylation is 2. The van der Waals surface area contributed by atoms with E-state index in [9.17, 15) is 0 Å². The quantitative estimate of drug-likeness (QED) is 0.766. The molecular formula is C19H28N2. The van der Waals surface area contributed by atoms with Crippen LogP contribution in [0.5, 0.6) is 0 Å². The largest absolute Gasteiger partial charge is 0.313 e. The fraction of sp³-hybridized carbons (Fsp3) is 0.526. The molecule has 0 radical (unpaired) electrons. The van der Waals surface area contributed by atoms with Crippen molar-refractivity contribution < 1.29 is 0 Å². The van der Waals surface area contributed by atoms with Crippen LogP contribution in [-0.2, 0) is 6.54 Å². The van der Waals surface area contributed by atoms with Gasteiger partial charge in [-0.15, -0.1) is 0 Å². The molecule has 2 rings (SSSR count). The monoisotopic (exact) mass is 284 g/mol. The number of benzene rings is 1. The lowest BCUT2D eigenvalue weighted by atomic mass is 9.98. The van der Waals surface area contributed by atoms with Crippen LogP contribution in [0.4, 0.5) is 0 Å². The van der Waals surface area contributed by atoms with Crippen LogP contribution in [0.25, 0.3) is 10.9 Å². The number of fused-ring (bicyclic) bond motifs is 1. The van der Waals surface area contributed by atoms with Crippen molar-refractivity contribution in [1.29, 1.82) is 0 Å². The smallest absolute Gasteiger partial charge is 0.0740 e. The van der Waals surface area contributed by atoms with Crippen LogP contribution in [0, 0.1) is 13.8 Å². The van der Waals surface area contributed by atoms with Gasteiger partial charge in [0.2, 0.25) is 0 Å². The van der Waals surface area contributed by atoms with Gasteiger partial charge in [0.05, 0.1) is 5.52 Å². The summed E-state index contributed by atoms with van der Waals surface area (Å²) < 4.78 is 0. The first-order chi connectivity index (χ1) is 10.0. The van der Waals surface area contributed by atoms with E-state index in [0.717, 1.165) is 13.1 Å². The highest BCUT2D eigenvalue weighted by Gasteiger charge is 2.11. The summed E-state index contributed by atoms with van der Waals surface area (Å²) >= 11 is 0. The van der Waals surface area contributed by atoms with E-state index in [2.05, 4.69) is 58.1 Å². The number of hydrogen-bond acceptors (Lipinski definition) is 2. The third-order valence-electron chi connectivity index (χ3n) is 4.22. The van der Waals surface area contributed by atoms with Crippen molar-refractivity contribution in [2.45, 2.75) is 59.9 Å². The predicted molar refractivity (Wildman–Crippen MR) is 91.9 cm³/mol. The molecule has 1 aromatic carbocycles. The van der Waals surface area contributed by atoms with Crippen molar-refractivity contribution in [3.8, 4) is 0 Å². The summed E-state index contributed by atoms with van der Waals surface area (Å²) in [5, 5.41) is 4.86. The Balaban J connectivity index is 2.44. The van der Waals surface area contributed by atoms with Crippen molar-refractivity contribution in [3.63, 3.8) is 0 Å². The maximum atomic E-state index is 4.91. The maximum Gasteiger partial charge on any atom is 0.0740 e. The Morgan fingerprint density at radius 3 is 2.62 bits per heavy atom. The van der Waals surface area contributed by atoms with Gasteiger partial charge in [0.15, 0.2) is 0 Å². The topological polar surface area (TPSA) is 24.9 Å². The number of nitrogens with one attached hydrogen (secondary N) is 1. The van der Waals surface area contributed by atoms with Crippen LogP contribution < -0.4 is 5.32 Å². The van der Waals surface area contributed by atoms with Crippen LogP contribution in [0.2, 0.25) is 0 Å². The Bertz CT molecular complexity index is 614. The lowest BCUT2D eigenvalue weighted by molar-refractivity contribution is 0.642. The fourth-order valence-corrected chi connectivity index (χ4v) is 2.59. The minimum absolute atomic E-state index is 0.462. The summed E-state index contributed by atoms with van der Waals surface area (Å²) in [6.45, 7) is 13.0. The Morgan fingerprint density at radius 2 is 1.95 bits per heavy atom. The first kappa shape index (κ1) is 16.0. The SMILES string of the molecule is CCCCNCc1cc(C(C)C)nc2c(C)c(C)ccc12. The van der Waals surface area contributed by atoms with Crippen molar-refractivity contribution in [3.05, 3.63) is 40.6 Å². The van der Waals surface area contributed by atoms with E-state index >= 15 is 0 Å². The summed E-state index contributed by atoms with van der Waals surface area (Å²) in [5.74, 6) is 0.462. The highest BCUT2D eigenvalue weighted by molar-refractivity contribution is 5.86. The maximum absolute atomic E-state index is 4.91. The van der Waals surface area contributed by atoms with Gasteiger partial charge in [-0.3, -0.25) is 4.98 Å². The Labute approximate surface area is 129 Å². The number of aromatic nitrogens is 1. The summed E-state index contributed by atoms with van der Waals surface area (Å²) in [4.78, 5) is 4.91. The first-order valence-corrected chi connectivity index (χ1v) is 8.15. The molecule has 0 aliphatic rings. The van der Waals surface area contributed by atoms with Gasteiger partial charge >= 0.3 is 0 Å². The van der Waals surface area contributed by atoms with Crippen molar-refractivity contribution in [2.24, 2.45) is 0 Å². The Hall–Kier alpha value is -1.41. The molecule has 0 saturated carbocycles. The molecule has 0 atom stereocenters. The molecule has 2 heteroatoms. The van der Waals surface area contributed by atoms with E-state index < -0.39 is 0 Å². The molecule has 0 aliphatic heterocycles. The van der Waals surface area contributed by atoms with E-state index in [4.69, 9.17) is 4.98 Å². The minimum Gasteiger partial charge on any atom is -0.313 e. The number of pyridine rings is 1. The van der Waals surface area contributed by atoms with Crippen LogP contribution in [-0.4, -0.2) is 11.5 Å². The van der Waals surface area contributed by atoms with Gasteiger partial charge < -0.3 is 5.32 Å². The molecule has 1 aromatic heterocycles. The molecule has 2 aromatic rings. The van der Waals surface area contributed by atoms with Gasteiger partial charge in [0, 0.05) is 17.6 Å². The molecule has 2 nitrogen and oxygen atoms in total. The first-order valence-electron chi connectivity index (χ1n) is 8.15. The third kappa shape index (κ3) is 3.62. The van der Waals surface area contributed by atoms with E-state index in [-0.39, 0.29) is 0 Å². The zero-order valence-electron chi connectivity index (χ0n) is 14.1. The summed E-state index contributed by atoms with van der Waals surface area (Å²) in [6, 6.07) is 6.72. The summed E-state index contributed by atoms with van der Waals surface area (Å²) in [6.07, 6.45) is 2.47. The number of rotatable bonds is 6. The fourth-order valence-electron chi connectivity index (χ4n) is 2.59. The van der Waals surface area contributed by atoms with Crippen LogP contribution in [0.1, 0.15) is 61.9 Å². The normalized spacial score (nSPS) is 11.5. The molecule has 0 spiro atoms. The predicted octanol–water partition coefficient (Wildman–Crippen LogP) is 4.86. The van der Waals surface area contributed by atoms with Crippen molar-refractivity contribution in [1.82, 2.24) is 10.3 Å². The molecule has 0 unspecified atom stereocenters. The molecule has 1 N–H and O–H groups in total. The number of hydrogen-bond donors (Lipinski definition) is 1. The molecule has 1 heterocycles. The second-order valence-corrected chi connectivity index (χ2v) is 6.29. The van der Waals surface area contributed by atoms with E-state index in [1.54, 1.807) is 0 Å². The second-order valence-electron chi connectivity index (χ2n) is 6.29. The van der Waals surface area contributed by atoms with E-state index in [1.165, 1.54) is 46.1 Å². The van der Waals surface area contributed by atoms with Gasteiger partial charge in [-0.25, -0.2) is 0 Å². The van der Waals surface area contributed by atoms with Gasteiger partial charge in [0.25, 0.3) is 0 Å². The highest BCUT2D eigenvalue weighted by atomic mass is 14.8.